The molecule has 2 aromatic rings. The lowest BCUT2D eigenvalue weighted by Gasteiger charge is -2.32. The van der Waals surface area contributed by atoms with E-state index in [0.717, 1.165) is 57.0 Å². The van der Waals surface area contributed by atoms with Crippen LogP contribution in [0.3, 0.4) is 0 Å². The molecule has 0 amide bonds. The molecule has 0 N–H and O–H groups in total. The number of rotatable bonds is 10. The van der Waals surface area contributed by atoms with Gasteiger partial charge in [0.15, 0.2) is 0 Å². The highest BCUT2D eigenvalue weighted by Gasteiger charge is 2.21. The smallest absolute Gasteiger partial charge is 0.278 e. The highest BCUT2D eigenvalue weighted by Crippen LogP contribution is 2.26. The zero-order valence-corrected chi connectivity index (χ0v) is 19.9. The molecule has 1 fully saturated rings. The van der Waals surface area contributed by atoms with Crippen molar-refractivity contribution in [3.05, 3.63) is 65.7 Å². The number of benzene rings is 2. The van der Waals surface area contributed by atoms with Crippen molar-refractivity contribution in [1.29, 1.82) is 0 Å². The lowest BCUT2D eigenvalue weighted by atomic mass is 10.0. The summed E-state index contributed by atoms with van der Waals surface area (Å²) in [6.45, 7) is 6.54. The first-order valence-electron chi connectivity index (χ1n) is 11.5. The Bertz CT molecular complexity index is 941. The standard InChI is InChI=1S/C25H31F2N5S/c1-30-13-15-31(16-14-30)12-5-17-33-32(22-6-3-2-4-7-22)19-20-8-10-21(11-9-20)23-18-24(25(26)27)29-28-23/h2-4,6-11,25H,5,12-19H2,1H3. The summed E-state index contributed by atoms with van der Waals surface area (Å²) in [6.07, 6.45) is -1.27. The minimum absolute atomic E-state index is 0.121. The predicted octanol–water partition coefficient (Wildman–Crippen LogP) is 4.79. The molecule has 2 aromatic carbocycles. The van der Waals surface area contributed by atoms with Gasteiger partial charge in [0.05, 0.1) is 12.3 Å². The number of nitrogens with zero attached hydrogens (tertiary/aromatic N) is 5. The van der Waals surface area contributed by atoms with Crippen molar-refractivity contribution >= 4 is 29.1 Å². The maximum absolute atomic E-state index is 12.8. The summed E-state index contributed by atoms with van der Waals surface area (Å²) in [5, 5.41) is 7.56. The second-order valence-corrected chi connectivity index (χ2v) is 9.62. The molecule has 1 saturated heterocycles. The third-order valence-corrected chi connectivity index (χ3v) is 7.14. The fourth-order valence-electron chi connectivity index (χ4n) is 3.96. The summed E-state index contributed by atoms with van der Waals surface area (Å²) in [7, 11) is 2.19. The Morgan fingerprint density at radius 2 is 1.70 bits per heavy atom. The van der Waals surface area contributed by atoms with Crippen molar-refractivity contribution in [2.45, 2.75) is 25.8 Å². The molecule has 0 spiro atoms. The fourth-order valence-corrected chi connectivity index (χ4v) is 4.95. The van der Waals surface area contributed by atoms with E-state index in [-0.39, 0.29) is 12.1 Å². The topological polar surface area (TPSA) is 34.4 Å². The maximum atomic E-state index is 12.8. The van der Waals surface area contributed by atoms with Crippen molar-refractivity contribution in [2.75, 3.05) is 49.8 Å². The van der Waals surface area contributed by atoms with Gasteiger partial charge in [-0.25, -0.2) is 8.78 Å². The molecule has 2 aliphatic heterocycles. The number of anilines is 1. The lowest BCUT2D eigenvalue weighted by molar-refractivity contribution is 0.154. The van der Waals surface area contributed by atoms with Crippen molar-refractivity contribution in [2.24, 2.45) is 10.2 Å². The first-order valence-corrected chi connectivity index (χ1v) is 12.4. The molecule has 176 valence electrons. The van der Waals surface area contributed by atoms with E-state index in [4.69, 9.17) is 0 Å². The Labute approximate surface area is 199 Å². The van der Waals surface area contributed by atoms with Gasteiger partial charge in [0, 0.05) is 44.0 Å². The molecule has 4 rings (SSSR count). The molecule has 33 heavy (non-hydrogen) atoms. The van der Waals surface area contributed by atoms with Gasteiger partial charge in [-0.3, -0.25) is 0 Å². The number of halogens is 2. The Kier molecular flexibility index (Phi) is 8.47. The molecule has 5 nitrogen and oxygen atoms in total. The van der Waals surface area contributed by atoms with E-state index >= 15 is 0 Å². The number of hydrogen-bond acceptors (Lipinski definition) is 6. The van der Waals surface area contributed by atoms with Crippen molar-refractivity contribution in [3.63, 3.8) is 0 Å². The minimum atomic E-state index is -2.54. The molecule has 2 aliphatic rings. The molecule has 0 radical (unpaired) electrons. The summed E-state index contributed by atoms with van der Waals surface area (Å²) in [6, 6.07) is 18.5. The van der Waals surface area contributed by atoms with Gasteiger partial charge < -0.3 is 14.1 Å². The van der Waals surface area contributed by atoms with Crippen molar-refractivity contribution in [1.82, 2.24) is 9.80 Å². The zero-order valence-electron chi connectivity index (χ0n) is 19.0. The molecule has 0 saturated carbocycles. The lowest BCUT2D eigenvalue weighted by Crippen LogP contribution is -2.44. The summed E-state index contributed by atoms with van der Waals surface area (Å²) >= 11 is 1.86. The van der Waals surface area contributed by atoms with E-state index in [2.05, 4.69) is 67.8 Å². The van der Waals surface area contributed by atoms with Crippen LogP contribution in [0, 0.1) is 0 Å². The van der Waals surface area contributed by atoms with Gasteiger partial charge in [-0.2, -0.15) is 10.2 Å². The van der Waals surface area contributed by atoms with Crippen LogP contribution in [0.1, 0.15) is 24.0 Å². The molecular weight excluding hydrogens is 440 g/mol. The van der Waals surface area contributed by atoms with Crippen molar-refractivity contribution < 1.29 is 8.78 Å². The van der Waals surface area contributed by atoms with Crippen LogP contribution in [0.25, 0.3) is 0 Å². The fraction of sp³-hybridized carbons (Fsp3) is 0.440. The van der Waals surface area contributed by atoms with Crippen molar-refractivity contribution in [3.8, 4) is 0 Å². The van der Waals surface area contributed by atoms with Gasteiger partial charge in [-0.1, -0.05) is 42.5 Å². The highest BCUT2D eigenvalue weighted by atomic mass is 32.2. The number of alkyl halides is 2. The molecule has 8 heteroatoms. The average Bonchev–Trinajstić information content (AvgIpc) is 3.34. The van der Waals surface area contributed by atoms with Gasteiger partial charge in [-0.05, 0) is 55.2 Å². The molecule has 0 unspecified atom stereocenters. The minimum Gasteiger partial charge on any atom is -0.312 e. The number of likely N-dealkylation sites (N-methyl/N-ethyl adjacent to an activating group) is 1. The van der Waals surface area contributed by atoms with Crippen LogP contribution in [0.5, 0.6) is 0 Å². The number of piperazine rings is 1. The highest BCUT2D eigenvalue weighted by molar-refractivity contribution is 8.00. The van der Waals surface area contributed by atoms with Crippen LogP contribution in [-0.2, 0) is 6.54 Å². The Morgan fingerprint density at radius 3 is 2.36 bits per heavy atom. The normalized spacial score (nSPS) is 17.3. The second kappa shape index (κ2) is 11.7. The number of hydrogen-bond donors (Lipinski definition) is 0. The van der Waals surface area contributed by atoms with E-state index in [1.807, 2.05) is 30.1 Å². The molecule has 0 atom stereocenters. The first-order chi connectivity index (χ1) is 16.1. The average molecular weight is 472 g/mol. The molecule has 0 bridgehead atoms. The SMILES string of the molecule is CN1CCN(CCCSN(Cc2ccc(C3=NN=C(C(F)F)C3)cc2)c2ccccc2)CC1. The van der Waals surface area contributed by atoms with E-state index in [1.165, 1.54) is 11.3 Å². The Hall–Kier alpha value is -2.29. The molecule has 0 aromatic heterocycles. The van der Waals surface area contributed by atoms with E-state index in [1.54, 1.807) is 0 Å². The van der Waals surface area contributed by atoms with Gasteiger partial charge in [-0.15, -0.1) is 0 Å². The van der Waals surface area contributed by atoms with Gasteiger partial charge in [0.2, 0.25) is 0 Å². The van der Waals surface area contributed by atoms with Crippen LogP contribution < -0.4 is 4.31 Å². The Balaban J connectivity index is 1.32. The second-order valence-electron chi connectivity index (χ2n) is 8.52. The first kappa shape index (κ1) is 23.9. The van der Waals surface area contributed by atoms with E-state index in [0.29, 0.717) is 5.71 Å². The summed E-state index contributed by atoms with van der Waals surface area (Å²) in [5.41, 5.74) is 3.65. The van der Waals surface area contributed by atoms with Gasteiger partial charge >= 0.3 is 0 Å². The predicted molar refractivity (Wildman–Crippen MR) is 135 cm³/mol. The van der Waals surface area contributed by atoms with E-state index in [9.17, 15) is 8.78 Å². The quantitative estimate of drug-likeness (QED) is 0.369. The van der Waals surface area contributed by atoms with Crippen LogP contribution in [0.15, 0.2) is 64.8 Å². The summed E-state index contributed by atoms with van der Waals surface area (Å²) in [4.78, 5) is 4.94. The molecule has 0 aliphatic carbocycles. The number of para-hydroxylation sites is 1. The van der Waals surface area contributed by atoms with Gasteiger partial charge in [0.1, 0.15) is 5.71 Å². The molecule has 2 heterocycles. The Morgan fingerprint density at radius 1 is 0.970 bits per heavy atom. The summed E-state index contributed by atoms with van der Waals surface area (Å²) in [5.74, 6) is 1.06. The zero-order chi connectivity index (χ0) is 23.0. The molecular formula is C25H31F2N5S. The van der Waals surface area contributed by atoms with Crippen LogP contribution >= 0.6 is 11.9 Å². The maximum Gasteiger partial charge on any atom is 0.278 e. The van der Waals surface area contributed by atoms with Crippen LogP contribution in [0.2, 0.25) is 0 Å². The largest absolute Gasteiger partial charge is 0.312 e. The van der Waals surface area contributed by atoms with Crippen LogP contribution in [0.4, 0.5) is 14.5 Å². The summed E-state index contributed by atoms with van der Waals surface area (Å²) < 4.78 is 28.0. The third-order valence-electron chi connectivity index (χ3n) is 6.02. The monoisotopic (exact) mass is 471 g/mol. The van der Waals surface area contributed by atoms with E-state index < -0.39 is 6.43 Å². The third kappa shape index (κ3) is 6.85. The van der Waals surface area contributed by atoms with Crippen LogP contribution in [-0.4, -0.2) is 73.2 Å². The van der Waals surface area contributed by atoms with Gasteiger partial charge in [0.25, 0.3) is 6.43 Å².